The first-order valence-electron chi connectivity index (χ1n) is 4.62. The van der Waals surface area contributed by atoms with E-state index in [1.165, 1.54) is 12.8 Å². The predicted molar refractivity (Wildman–Crippen MR) is 41.6 cm³/mol. The summed E-state index contributed by atoms with van der Waals surface area (Å²) in [5.74, 6) is 4.36. The average Bonchev–Trinajstić information content (AvgIpc) is 2.60. The molecule has 0 spiro atoms. The Bertz CT molecular complexity index is 180. The van der Waals surface area contributed by atoms with Gasteiger partial charge in [0.1, 0.15) is 0 Å². The Morgan fingerprint density at radius 1 is 1.10 bits per heavy atom. The quantitative estimate of drug-likeness (QED) is 0.447. The third-order valence-corrected chi connectivity index (χ3v) is 3.92. The lowest BCUT2D eigenvalue weighted by Crippen LogP contribution is -2.16. The highest BCUT2D eigenvalue weighted by Gasteiger charge is 2.47. The largest absolute Gasteiger partial charge is 0.0879 e. The third kappa shape index (κ3) is 0.492. The Labute approximate surface area is 62.3 Å². The summed E-state index contributed by atoms with van der Waals surface area (Å²) in [5, 5.41) is 0. The molecule has 0 aliphatic heterocycles. The molecule has 0 aromatic rings. The van der Waals surface area contributed by atoms with Crippen LogP contribution in [-0.4, -0.2) is 0 Å². The zero-order valence-electron chi connectivity index (χ0n) is 6.29. The van der Waals surface area contributed by atoms with Gasteiger partial charge in [-0.1, -0.05) is 12.2 Å². The van der Waals surface area contributed by atoms with Crippen molar-refractivity contribution in [3.63, 3.8) is 0 Å². The highest BCUT2D eigenvalue weighted by atomic mass is 14.5. The van der Waals surface area contributed by atoms with E-state index < -0.39 is 0 Å². The smallest absolute Gasteiger partial charge is 0.0171 e. The topological polar surface area (TPSA) is 0 Å². The molecular weight excluding hydrogens is 120 g/mol. The van der Waals surface area contributed by atoms with Crippen LogP contribution in [0.5, 0.6) is 0 Å². The molecule has 0 unspecified atom stereocenters. The minimum Gasteiger partial charge on any atom is -0.0879 e. The SMILES string of the molecule is C1=C[C@H]2[C@H]3CC[C@@H](C3)[C@H]2C1. The summed E-state index contributed by atoms with van der Waals surface area (Å²) in [6, 6.07) is 0. The molecule has 10 heavy (non-hydrogen) atoms. The fraction of sp³-hybridized carbons (Fsp3) is 0.800. The normalized spacial score (nSPS) is 56.0. The molecule has 0 nitrogen and oxygen atoms in total. The molecule has 0 amide bonds. The zero-order valence-corrected chi connectivity index (χ0v) is 6.29. The van der Waals surface area contributed by atoms with E-state index in [-0.39, 0.29) is 0 Å². The highest BCUT2D eigenvalue weighted by Crippen LogP contribution is 2.56. The van der Waals surface area contributed by atoms with Crippen LogP contribution in [0.3, 0.4) is 0 Å². The van der Waals surface area contributed by atoms with Crippen molar-refractivity contribution in [2.75, 3.05) is 0 Å². The molecule has 0 aromatic heterocycles. The van der Waals surface area contributed by atoms with Gasteiger partial charge in [-0.3, -0.25) is 0 Å². The second-order valence-corrected chi connectivity index (χ2v) is 4.24. The van der Waals surface area contributed by atoms with E-state index in [1.807, 2.05) is 0 Å². The molecule has 0 saturated heterocycles. The van der Waals surface area contributed by atoms with Crippen molar-refractivity contribution in [2.24, 2.45) is 23.7 Å². The van der Waals surface area contributed by atoms with Gasteiger partial charge in [-0.05, 0) is 49.4 Å². The van der Waals surface area contributed by atoms with Gasteiger partial charge in [0.15, 0.2) is 0 Å². The van der Waals surface area contributed by atoms with Gasteiger partial charge in [-0.2, -0.15) is 0 Å². The molecule has 0 heterocycles. The van der Waals surface area contributed by atoms with Crippen molar-refractivity contribution in [3.8, 4) is 0 Å². The van der Waals surface area contributed by atoms with Gasteiger partial charge < -0.3 is 0 Å². The first kappa shape index (κ1) is 5.40. The van der Waals surface area contributed by atoms with Crippen LogP contribution in [0.1, 0.15) is 25.7 Å². The van der Waals surface area contributed by atoms with Gasteiger partial charge in [-0.25, -0.2) is 0 Å². The van der Waals surface area contributed by atoms with Crippen LogP contribution < -0.4 is 0 Å². The molecule has 0 aromatic carbocycles. The van der Waals surface area contributed by atoms with Crippen LogP contribution in [0.25, 0.3) is 0 Å². The zero-order chi connectivity index (χ0) is 6.55. The van der Waals surface area contributed by atoms with Crippen LogP contribution in [0.2, 0.25) is 0 Å². The molecule has 2 fully saturated rings. The van der Waals surface area contributed by atoms with Crippen LogP contribution in [0, 0.1) is 23.7 Å². The van der Waals surface area contributed by atoms with Gasteiger partial charge in [0, 0.05) is 0 Å². The monoisotopic (exact) mass is 134 g/mol. The summed E-state index contributed by atoms with van der Waals surface area (Å²) >= 11 is 0. The Balaban J connectivity index is 1.97. The van der Waals surface area contributed by atoms with Gasteiger partial charge >= 0.3 is 0 Å². The maximum atomic E-state index is 2.49. The van der Waals surface area contributed by atoms with Crippen molar-refractivity contribution < 1.29 is 0 Å². The van der Waals surface area contributed by atoms with Gasteiger partial charge in [0.2, 0.25) is 0 Å². The van der Waals surface area contributed by atoms with Crippen LogP contribution in [0.4, 0.5) is 0 Å². The summed E-state index contributed by atoms with van der Waals surface area (Å²) in [7, 11) is 0. The average molecular weight is 134 g/mol. The molecule has 0 radical (unpaired) electrons. The fourth-order valence-corrected chi connectivity index (χ4v) is 3.50. The Kier molecular flexibility index (Phi) is 0.898. The number of allylic oxidation sites excluding steroid dienone is 2. The summed E-state index contributed by atoms with van der Waals surface area (Å²) in [5.41, 5.74) is 0. The van der Waals surface area contributed by atoms with E-state index in [9.17, 15) is 0 Å². The minimum absolute atomic E-state index is 1.03. The molecule has 0 heteroatoms. The van der Waals surface area contributed by atoms with Gasteiger partial charge in [0.25, 0.3) is 0 Å². The second-order valence-electron chi connectivity index (χ2n) is 4.24. The maximum Gasteiger partial charge on any atom is -0.0171 e. The third-order valence-electron chi connectivity index (χ3n) is 3.92. The van der Waals surface area contributed by atoms with E-state index in [2.05, 4.69) is 12.2 Å². The number of hydrogen-bond acceptors (Lipinski definition) is 0. The molecular formula is C10H14. The van der Waals surface area contributed by atoms with E-state index >= 15 is 0 Å². The van der Waals surface area contributed by atoms with Crippen molar-refractivity contribution in [1.29, 1.82) is 0 Å². The highest BCUT2D eigenvalue weighted by molar-refractivity contribution is 5.11. The van der Waals surface area contributed by atoms with Crippen molar-refractivity contribution in [2.45, 2.75) is 25.7 Å². The summed E-state index contributed by atoms with van der Waals surface area (Å²) in [6.45, 7) is 0. The number of fused-ring (bicyclic) bond motifs is 5. The molecule has 4 atom stereocenters. The van der Waals surface area contributed by atoms with Crippen LogP contribution in [0.15, 0.2) is 12.2 Å². The summed E-state index contributed by atoms with van der Waals surface area (Å²) in [6.07, 6.45) is 11.0. The lowest BCUT2D eigenvalue weighted by atomic mass is 9.82. The lowest BCUT2D eigenvalue weighted by molar-refractivity contribution is 0.285. The molecule has 3 aliphatic carbocycles. The number of hydrogen-bond donors (Lipinski definition) is 0. The van der Waals surface area contributed by atoms with E-state index in [1.54, 1.807) is 12.8 Å². The van der Waals surface area contributed by atoms with E-state index in [0.717, 1.165) is 23.7 Å². The molecule has 54 valence electrons. The van der Waals surface area contributed by atoms with Gasteiger partial charge in [0.05, 0.1) is 0 Å². The molecule has 3 aliphatic rings. The minimum atomic E-state index is 1.03. The first-order chi connectivity index (χ1) is 4.95. The number of rotatable bonds is 0. The molecule has 0 N–H and O–H groups in total. The standard InChI is InChI=1S/C10H14/c1-2-9-7-4-5-8(6-7)10(9)3-1/h1-2,7-10H,3-6H2/t7-,8-,9-,10+/m0/s1. The van der Waals surface area contributed by atoms with Crippen LogP contribution >= 0.6 is 0 Å². The Morgan fingerprint density at radius 3 is 2.90 bits per heavy atom. The first-order valence-corrected chi connectivity index (χ1v) is 4.62. The van der Waals surface area contributed by atoms with Crippen molar-refractivity contribution in [3.05, 3.63) is 12.2 Å². The fourth-order valence-electron chi connectivity index (χ4n) is 3.50. The van der Waals surface area contributed by atoms with Crippen molar-refractivity contribution >= 4 is 0 Å². The second kappa shape index (κ2) is 1.66. The van der Waals surface area contributed by atoms with Crippen molar-refractivity contribution in [1.82, 2.24) is 0 Å². The maximum absolute atomic E-state index is 2.49. The molecule has 2 saturated carbocycles. The van der Waals surface area contributed by atoms with E-state index in [0.29, 0.717) is 0 Å². The van der Waals surface area contributed by atoms with Gasteiger partial charge in [-0.15, -0.1) is 0 Å². The molecule has 3 rings (SSSR count). The van der Waals surface area contributed by atoms with E-state index in [4.69, 9.17) is 0 Å². The molecule has 2 bridgehead atoms. The Morgan fingerprint density at radius 2 is 2.00 bits per heavy atom. The lowest BCUT2D eigenvalue weighted by Gasteiger charge is -2.23. The van der Waals surface area contributed by atoms with Crippen LogP contribution in [-0.2, 0) is 0 Å². The Hall–Kier alpha value is -0.260. The predicted octanol–water partition coefficient (Wildman–Crippen LogP) is 2.61. The summed E-state index contributed by atoms with van der Waals surface area (Å²) in [4.78, 5) is 0. The summed E-state index contributed by atoms with van der Waals surface area (Å²) < 4.78 is 0.